The molecule has 0 amide bonds. The van der Waals surface area contributed by atoms with E-state index in [1.165, 1.54) is 156 Å². The second kappa shape index (κ2) is 20.4. The predicted octanol–water partition coefficient (Wildman–Crippen LogP) is 24.5. The van der Waals surface area contributed by atoms with Crippen LogP contribution in [0.15, 0.2) is 255 Å². The Hall–Kier alpha value is -10.3. The van der Waals surface area contributed by atoms with Crippen molar-refractivity contribution in [3.63, 3.8) is 0 Å². The van der Waals surface area contributed by atoms with Gasteiger partial charge < -0.3 is 9.80 Å². The first-order chi connectivity index (χ1) is 44.8. The summed E-state index contributed by atoms with van der Waals surface area (Å²) in [5, 5.41) is 0. The molecule has 17 rings (SSSR count). The third kappa shape index (κ3) is 8.60. The Morgan fingerprint density at radius 3 is 0.656 bits per heavy atom. The number of benzene rings is 12. The lowest BCUT2D eigenvalue weighted by Gasteiger charge is -2.29. The summed E-state index contributed by atoms with van der Waals surface area (Å²) in [7, 11) is 0. The minimum Gasteiger partial charge on any atom is -0.310 e. The molecule has 0 aliphatic heterocycles. The van der Waals surface area contributed by atoms with E-state index in [1.54, 1.807) is 0 Å². The topological polar surface area (TPSA) is 6.48 Å². The summed E-state index contributed by atoms with van der Waals surface area (Å²) in [5.41, 5.74) is 38.0. The number of rotatable bonds is 10. The van der Waals surface area contributed by atoms with E-state index in [0.717, 1.165) is 11.4 Å². The maximum absolute atomic E-state index is 2.45. The van der Waals surface area contributed by atoms with Crippen molar-refractivity contribution in [3.05, 3.63) is 333 Å². The van der Waals surface area contributed by atoms with Gasteiger partial charge in [0.2, 0.25) is 0 Å². The van der Waals surface area contributed by atoms with Gasteiger partial charge >= 0.3 is 0 Å². The summed E-state index contributed by atoms with van der Waals surface area (Å²) in [5.74, 6) is 0. The second-order valence-electron chi connectivity index (χ2n) is 29.4. The summed E-state index contributed by atoms with van der Waals surface area (Å²) in [4.78, 5) is 4.89. The smallest absolute Gasteiger partial charge is 0.0465 e. The third-order valence-electron chi connectivity index (χ3n) is 22.2. The molecule has 0 unspecified atom stereocenters. The van der Waals surface area contributed by atoms with Crippen LogP contribution in [0.2, 0.25) is 0 Å². The molecular formula is C91H76N2. The summed E-state index contributed by atoms with van der Waals surface area (Å²) >= 11 is 0. The molecule has 0 saturated heterocycles. The zero-order valence-electron chi connectivity index (χ0n) is 55.0. The molecule has 93 heavy (non-hydrogen) atoms. The Bertz CT molecular complexity index is 4850. The molecule has 12 aromatic carbocycles. The van der Waals surface area contributed by atoms with E-state index in [4.69, 9.17) is 0 Å². The Kier molecular flexibility index (Phi) is 12.4. The molecule has 5 aliphatic rings. The lowest BCUT2D eigenvalue weighted by Crippen LogP contribution is -2.18. The van der Waals surface area contributed by atoms with Crippen LogP contribution in [-0.4, -0.2) is 0 Å². The third-order valence-corrected chi connectivity index (χ3v) is 22.2. The molecule has 12 aromatic rings. The monoisotopic (exact) mass is 1200 g/mol. The number of hydrogen-bond donors (Lipinski definition) is 0. The fraction of sp³-hybridized carbons (Fsp3) is 0.165. The molecule has 0 saturated carbocycles. The number of anilines is 6. The van der Waals surface area contributed by atoms with E-state index in [-0.39, 0.29) is 27.1 Å². The van der Waals surface area contributed by atoms with Crippen molar-refractivity contribution in [2.75, 3.05) is 9.80 Å². The van der Waals surface area contributed by atoms with Gasteiger partial charge in [-0.1, -0.05) is 276 Å². The van der Waals surface area contributed by atoms with Gasteiger partial charge in [0.25, 0.3) is 0 Å². The molecule has 0 N–H and O–H groups in total. The highest BCUT2D eigenvalue weighted by atomic mass is 15.1. The van der Waals surface area contributed by atoms with Gasteiger partial charge in [-0.2, -0.15) is 0 Å². The van der Waals surface area contributed by atoms with Crippen molar-refractivity contribution in [1.82, 2.24) is 0 Å². The molecule has 0 aromatic heterocycles. The maximum atomic E-state index is 2.45. The SMILES string of the molecule is CC1(C)c2cc(C=Cc3ccc4c(c3)C(C)(C)c3cc(N(c5ccccc5)c5ccc6c(c5)C(C)(C)c5ccccc5-6)ccc3-4)ccc2-c2ccc(C=Cc3ccc4c(c3)C(C)(C)c3cc(N(c5ccccc5)c5ccc6c(c5)C(C)(C)c5ccccc5-6)ccc3-4)cc21. The molecule has 2 nitrogen and oxygen atoms in total. The first-order valence-corrected chi connectivity index (χ1v) is 33.3. The number of para-hydroxylation sites is 2. The molecule has 0 fully saturated rings. The van der Waals surface area contributed by atoms with Gasteiger partial charge in [0, 0.05) is 61.2 Å². The van der Waals surface area contributed by atoms with E-state index in [2.05, 4.69) is 358 Å². The van der Waals surface area contributed by atoms with E-state index in [0.29, 0.717) is 0 Å². The van der Waals surface area contributed by atoms with Crippen molar-refractivity contribution >= 4 is 58.4 Å². The molecule has 2 heteroatoms. The van der Waals surface area contributed by atoms with Gasteiger partial charge in [0.1, 0.15) is 0 Å². The number of fused-ring (bicyclic) bond motifs is 15. The molecule has 0 spiro atoms. The van der Waals surface area contributed by atoms with Crippen molar-refractivity contribution < 1.29 is 0 Å². The average molecular weight is 1200 g/mol. The molecular weight excluding hydrogens is 1120 g/mol. The fourth-order valence-corrected chi connectivity index (χ4v) is 17.0. The Balaban J connectivity index is 0.609. The highest BCUT2D eigenvalue weighted by Gasteiger charge is 2.41. The number of nitrogens with zero attached hydrogens (tertiary/aromatic N) is 2. The molecule has 0 atom stereocenters. The summed E-state index contributed by atoms with van der Waals surface area (Å²) in [6, 6.07) is 96.2. The minimum absolute atomic E-state index is 0.0937. The predicted molar refractivity (Wildman–Crippen MR) is 394 cm³/mol. The number of hydrogen-bond acceptors (Lipinski definition) is 2. The van der Waals surface area contributed by atoms with Gasteiger partial charge in [-0.15, -0.1) is 0 Å². The molecule has 0 heterocycles. The standard InChI is InChI=1S/C91H76N2/c1-87(2)77-27-19-17-25-67(77)73-45-37-63(53-83(73)87)92(61-21-13-11-14-22-61)65-39-47-75-71-43-35-59(51-81(71)90(7,8)85(75)55-65)31-29-57-33-41-69-70-42-34-58(50-80(70)89(5,6)79(69)49-57)30-32-60-36-44-72-76-48-40-66(56-86(76)91(9,10)82(72)52-60)93(62-23-15-12-16-24-62)64-38-46-74-68-26-18-20-28-78(68)88(3,4)84(74)54-64/h11-56H,1-10H3. The molecule has 5 aliphatic carbocycles. The van der Waals surface area contributed by atoms with Gasteiger partial charge in [0.15, 0.2) is 0 Å². The van der Waals surface area contributed by atoms with Gasteiger partial charge in [-0.25, -0.2) is 0 Å². The highest BCUT2D eigenvalue weighted by Crippen LogP contribution is 2.57. The van der Waals surface area contributed by atoms with Gasteiger partial charge in [-0.05, 0) is 206 Å². The second-order valence-corrected chi connectivity index (χ2v) is 29.4. The fourth-order valence-electron chi connectivity index (χ4n) is 17.0. The van der Waals surface area contributed by atoms with Crippen molar-refractivity contribution in [2.45, 2.75) is 96.3 Å². The normalized spacial score (nSPS) is 16.0. The summed E-state index contributed by atoms with van der Waals surface area (Å²) in [6.07, 6.45) is 9.22. The summed E-state index contributed by atoms with van der Waals surface area (Å²) < 4.78 is 0. The van der Waals surface area contributed by atoms with Crippen molar-refractivity contribution in [1.29, 1.82) is 0 Å². The lowest BCUT2D eigenvalue weighted by atomic mass is 9.81. The molecule has 0 bridgehead atoms. The van der Waals surface area contributed by atoms with Crippen LogP contribution in [0.4, 0.5) is 34.1 Å². The lowest BCUT2D eigenvalue weighted by molar-refractivity contribution is 0.659. The van der Waals surface area contributed by atoms with Crippen molar-refractivity contribution in [2.24, 2.45) is 0 Å². The van der Waals surface area contributed by atoms with Crippen LogP contribution in [0.1, 0.15) is 147 Å². The van der Waals surface area contributed by atoms with Gasteiger partial charge in [0.05, 0.1) is 0 Å². The largest absolute Gasteiger partial charge is 0.310 e. The minimum atomic E-state index is -0.203. The van der Waals surface area contributed by atoms with Crippen LogP contribution in [0.25, 0.3) is 79.9 Å². The van der Waals surface area contributed by atoms with Crippen molar-refractivity contribution in [3.8, 4) is 55.6 Å². The summed E-state index contributed by atoms with van der Waals surface area (Å²) in [6.45, 7) is 23.8. The highest BCUT2D eigenvalue weighted by molar-refractivity contribution is 5.93. The first-order valence-electron chi connectivity index (χ1n) is 33.3. The zero-order valence-corrected chi connectivity index (χ0v) is 55.0. The molecule has 450 valence electrons. The Morgan fingerprint density at radius 1 is 0.183 bits per heavy atom. The van der Waals surface area contributed by atoms with Gasteiger partial charge in [-0.3, -0.25) is 0 Å². The van der Waals surface area contributed by atoms with Crippen LogP contribution in [0.3, 0.4) is 0 Å². The Labute approximate surface area is 549 Å². The van der Waals surface area contributed by atoms with Crippen LogP contribution >= 0.6 is 0 Å². The van der Waals surface area contributed by atoms with Crippen LogP contribution in [0, 0.1) is 0 Å². The first kappa shape index (κ1) is 56.7. The maximum Gasteiger partial charge on any atom is 0.0465 e. The van der Waals surface area contributed by atoms with E-state index < -0.39 is 0 Å². The van der Waals surface area contributed by atoms with Crippen LogP contribution in [-0.2, 0) is 27.1 Å². The zero-order chi connectivity index (χ0) is 63.5. The van der Waals surface area contributed by atoms with E-state index >= 15 is 0 Å². The Morgan fingerprint density at radius 2 is 0.387 bits per heavy atom. The quantitative estimate of drug-likeness (QED) is 0.126. The van der Waals surface area contributed by atoms with E-state index in [9.17, 15) is 0 Å². The average Bonchev–Trinajstić information content (AvgIpc) is 1.62. The van der Waals surface area contributed by atoms with Crippen LogP contribution in [0.5, 0.6) is 0 Å². The van der Waals surface area contributed by atoms with E-state index in [1.807, 2.05) is 0 Å². The van der Waals surface area contributed by atoms with Crippen LogP contribution < -0.4 is 9.80 Å². The molecule has 0 radical (unpaired) electrons.